The van der Waals surface area contributed by atoms with Crippen LogP contribution in [0.5, 0.6) is 0 Å². The average Bonchev–Trinajstić information content (AvgIpc) is 2.81. The molecule has 5 rings (SSSR count). The van der Waals surface area contributed by atoms with Crippen LogP contribution >= 0.6 is 0 Å². The lowest BCUT2D eigenvalue weighted by atomic mass is 10.0. The lowest BCUT2D eigenvalue weighted by molar-refractivity contribution is 0.178. The molecular weight excluding hydrogens is 376 g/mol. The lowest BCUT2D eigenvalue weighted by Crippen LogP contribution is -2.47. The molecule has 1 aromatic carbocycles. The van der Waals surface area contributed by atoms with E-state index in [2.05, 4.69) is 72.9 Å². The standard InChI is InChI=1S/C22H28N8/c1-28-10-12-30(13-11-28)27-22-25-16-19-14-17(2-3-20(19)26-22)18-4-5-24-21(15-18)29-8-6-23-7-9-29/h2-5,14-16,23H,6-13H2,1H3,(H,25,26,27). The smallest absolute Gasteiger partial charge is 0.238 e. The van der Waals surface area contributed by atoms with Gasteiger partial charge < -0.3 is 15.1 Å². The van der Waals surface area contributed by atoms with Crippen LogP contribution in [0, 0.1) is 0 Å². The maximum absolute atomic E-state index is 4.71. The number of nitrogens with zero attached hydrogens (tertiary/aromatic N) is 6. The molecule has 0 unspecified atom stereocenters. The van der Waals surface area contributed by atoms with Gasteiger partial charge in [0.25, 0.3) is 0 Å². The van der Waals surface area contributed by atoms with Crippen molar-refractivity contribution in [2.75, 3.05) is 69.7 Å². The fraction of sp³-hybridized carbons (Fsp3) is 0.409. The zero-order valence-electron chi connectivity index (χ0n) is 17.4. The van der Waals surface area contributed by atoms with Gasteiger partial charge >= 0.3 is 0 Å². The number of hydrogen-bond acceptors (Lipinski definition) is 8. The summed E-state index contributed by atoms with van der Waals surface area (Å²) in [6.07, 6.45) is 3.80. The van der Waals surface area contributed by atoms with Gasteiger partial charge in [0.1, 0.15) is 5.82 Å². The van der Waals surface area contributed by atoms with Gasteiger partial charge in [-0.3, -0.25) is 5.43 Å². The van der Waals surface area contributed by atoms with Crippen molar-refractivity contribution in [1.29, 1.82) is 0 Å². The Kier molecular flexibility index (Phi) is 5.44. The van der Waals surface area contributed by atoms with Crippen molar-refractivity contribution in [2.45, 2.75) is 0 Å². The number of likely N-dealkylation sites (N-methyl/N-ethyl adjacent to an activating group) is 1. The van der Waals surface area contributed by atoms with Crippen LogP contribution in [0.2, 0.25) is 0 Å². The third kappa shape index (κ3) is 4.21. The Hall–Kier alpha value is -2.81. The molecular formula is C22H28N8. The monoisotopic (exact) mass is 404 g/mol. The molecule has 0 bridgehead atoms. The average molecular weight is 405 g/mol. The normalized spacial score (nSPS) is 18.6. The number of hydrazine groups is 1. The first kappa shape index (κ1) is 19.2. The summed E-state index contributed by atoms with van der Waals surface area (Å²) >= 11 is 0. The third-order valence-corrected chi connectivity index (χ3v) is 5.86. The number of pyridine rings is 1. The Morgan fingerprint density at radius 2 is 1.70 bits per heavy atom. The van der Waals surface area contributed by atoms with Gasteiger partial charge in [0, 0.05) is 70.1 Å². The summed E-state index contributed by atoms with van der Waals surface area (Å²) in [5.74, 6) is 1.70. The van der Waals surface area contributed by atoms with E-state index in [0.29, 0.717) is 5.95 Å². The van der Waals surface area contributed by atoms with E-state index in [4.69, 9.17) is 4.98 Å². The molecule has 0 aliphatic carbocycles. The summed E-state index contributed by atoms with van der Waals surface area (Å²) in [5, 5.41) is 6.61. The highest BCUT2D eigenvalue weighted by molar-refractivity contribution is 5.84. The fourth-order valence-electron chi connectivity index (χ4n) is 3.99. The van der Waals surface area contributed by atoms with Gasteiger partial charge in [-0.2, -0.15) is 0 Å². The maximum atomic E-state index is 4.71. The van der Waals surface area contributed by atoms with Crippen LogP contribution in [-0.4, -0.2) is 84.3 Å². The summed E-state index contributed by atoms with van der Waals surface area (Å²) in [6.45, 7) is 8.02. The van der Waals surface area contributed by atoms with E-state index >= 15 is 0 Å². The van der Waals surface area contributed by atoms with E-state index < -0.39 is 0 Å². The molecule has 156 valence electrons. The van der Waals surface area contributed by atoms with Gasteiger partial charge in [0.15, 0.2) is 0 Å². The van der Waals surface area contributed by atoms with Crippen LogP contribution < -0.4 is 15.6 Å². The Labute approximate surface area is 176 Å². The summed E-state index contributed by atoms with van der Waals surface area (Å²) < 4.78 is 0. The molecule has 2 saturated heterocycles. The van der Waals surface area contributed by atoms with Crippen molar-refractivity contribution in [3.63, 3.8) is 0 Å². The lowest BCUT2D eigenvalue weighted by Gasteiger charge is -2.32. The topological polar surface area (TPSA) is 72.5 Å². The second-order valence-electron chi connectivity index (χ2n) is 8.01. The Balaban J connectivity index is 1.35. The number of anilines is 2. The number of rotatable bonds is 4. The van der Waals surface area contributed by atoms with E-state index in [1.807, 2.05) is 12.4 Å². The zero-order valence-corrected chi connectivity index (χ0v) is 17.4. The van der Waals surface area contributed by atoms with Gasteiger partial charge in [-0.15, -0.1) is 0 Å². The van der Waals surface area contributed by atoms with E-state index in [1.54, 1.807) is 0 Å². The van der Waals surface area contributed by atoms with Crippen molar-refractivity contribution < 1.29 is 0 Å². The van der Waals surface area contributed by atoms with E-state index in [9.17, 15) is 0 Å². The number of aromatic nitrogens is 3. The van der Waals surface area contributed by atoms with Gasteiger partial charge in [-0.05, 0) is 42.4 Å². The molecule has 2 aliphatic rings. The first-order valence-electron chi connectivity index (χ1n) is 10.6. The van der Waals surface area contributed by atoms with Crippen LogP contribution in [0.25, 0.3) is 22.0 Å². The molecule has 30 heavy (non-hydrogen) atoms. The molecule has 2 N–H and O–H groups in total. The molecule has 0 saturated carbocycles. The van der Waals surface area contributed by atoms with Crippen molar-refractivity contribution in [3.8, 4) is 11.1 Å². The van der Waals surface area contributed by atoms with Gasteiger partial charge in [-0.25, -0.2) is 20.0 Å². The number of benzene rings is 1. The molecule has 2 aromatic heterocycles. The number of fused-ring (bicyclic) bond motifs is 1. The van der Waals surface area contributed by atoms with E-state index in [0.717, 1.165) is 74.6 Å². The summed E-state index contributed by atoms with van der Waals surface area (Å²) in [6, 6.07) is 10.6. The largest absolute Gasteiger partial charge is 0.354 e. The molecule has 2 aliphatic heterocycles. The second-order valence-corrected chi connectivity index (χ2v) is 8.01. The van der Waals surface area contributed by atoms with Crippen molar-refractivity contribution in [3.05, 3.63) is 42.7 Å². The highest BCUT2D eigenvalue weighted by atomic mass is 15.6. The van der Waals surface area contributed by atoms with Crippen molar-refractivity contribution in [2.24, 2.45) is 0 Å². The number of piperazine rings is 2. The summed E-state index contributed by atoms with van der Waals surface area (Å²) in [5.41, 5.74) is 6.62. The minimum Gasteiger partial charge on any atom is -0.354 e. The molecule has 8 nitrogen and oxygen atoms in total. The minimum atomic E-state index is 0.657. The van der Waals surface area contributed by atoms with Gasteiger partial charge in [-0.1, -0.05) is 6.07 Å². The summed E-state index contributed by atoms with van der Waals surface area (Å²) in [4.78, 5) is 18.5. The highest BCUT2D eigenvalue weighted by Gasteiger charge is 2.15. The molecule has 0 atom stereocenters. The highest BCUT2D eigenvalue weighted by Crippen LogP contribution is 2.26. The zero-order chi connectivity index (χ0) is 20.3. The first-order chi connectivity index (χ1) is 14.7. The van der Waals surface area contributed by atoms with E-state index in [-0.39, 0.29) is 0 Å². The number of hydrogen-bond donors (Lipinski definition) is 2. The maximum Gasteiger partial charge on any atom is 0.238 e. The SMILES string of the molecule is CN1CCN(Nc2ncc3cc(-c4ccnc(N5CCNCC5)c4)ccc3n2)CC1. The van der Waals surface area contributed by atoms with Crippen LogP contribution in [0.4, 0.5) is 11.8 Å². The fourth-order valence-corrected chi connectivity index (χ4v) is 3.99. The van der Waals surface area contributed by atoms with Crippen LogP contribution in [-0.2, 0) is 0 Å². The van der Waals surface area contributed by atoms with Crippen LogP contribution in [0.15, 0.2) is 42.7 Å². The molecule has 3 aromatic rings. The Morgan fingerprint density at radius 1 is 0.900 bits per heavy atom. The molecule has 0 spiro atoms. The Bertz CT molecular complexity index is 1010. The Morgan fingerprint density at radius 3 is 2.53 bits per heavy atom. The van der Waals surface area contributed by atoms with Crippen LogP contribution in [0.3, 0.4) is 0 Å². The first-order valence-corrected chi connectivity index (χ1v) is 10.6. The third-order valence-electron chi connectivity index (χ3n) is 5.86. The number of nitrogens with one attached hydrogen (secondary N) is 2. The molecule has 2 fully saturated rings. The minimum absolute atomic E-state index is 0.657. The van der Waals surface area contributed by atoms with Gasteiger partial charge in [0.2, 0.25) is 5.95 Å². The predicted molar refractivity (Wildman–Crippen MR) is 121 cm³/mol. The summed E-state index contributed by atoms with van der Waals surface area (Å²) in [7, 11) is 2.15. The molecule has 8 heteroatoms. The quantitative estimate of drug-likeness (QED) is 0.681. The van der Waals surface area contributed by atoms with Crippen molar-refractivity contribution in [1.82, 2.24) is 30.2 Å². The van der Waals surface area contributed by atoms with Crippen LogP contribution in [0.1, 0.15) is 0 Å². The molecule has 0 amide bonds. The molecule has 4 heterocycles. The predicted octanol–water partition coefficient (Wildman–Crippen LogP) is 1.68. The van der Waals surface area contributed by atoms with Gasteiger partial charge in [0.05, 0.1) is 5.52 Å². The molecule has 0 radical (unpaired) electrons. The van der Waals surface area contributed by atoms with Crippen molar-refractivity contribution >= 4 is 22.7 Å². The second kappa shape index (κ2) is 8.51. The van der Waals surface area contributed by atoms with E-state index in [1.165, 1.54) is 5.56 Å².